The summed E-state index contributed by atoms with van der Waals surface area (Å²) in [5, 5.41) is 13.8. The molecule has 2 aromatic heterocycles. The van der Waals surface area contributed by atoms with Crippen LogP contribution in [0.1, 0.15) is 41.8 Å². The number of anilines is 2. The van der Waals surface area contributed by atoms with Crippen LogP contribution in [0.2, 0.25) is 0 Å². The Balaban J connectivity index is 0.00000117. The van der Waals surface area contributed by atoms with Gasteiger partial charge < -0.3 is 16.4 Å². The SMILES string of the molecule is C=C(Nc1ccc2c(c1)CCNC2)c1[nH]ncc1C#Cc1cncc(N)c1.CC. The van der Waals surface area contributed by atoms with Crippen LogP contribution in [0.5, 0.6) is 0 Å². The van der Waals surface area contributed by atoms with Crippen LogP contribution in [0, 0.1) is 11.8 Å². The zero-order valence-corrected chi connectivity index (χ0v) is 16.8. The summed E-state index contributed by atoms with van der Waals surface area (Å²) in [4.78, 5) is 4.05. The zero-order chi connectivity index (χ0) is 20.6. The van der Waals surface area contributed by atoms with E-state index < -0.39 is 0 Å². The first-order valence-electron chi connectivity index (χ1n) is 9.74. The topological polar surface area (TPSA) is 91.6 Å². The normalized spacial score (nSPS) is 11.9. The maximum Gasteiger partial charge on any atom is 0.0963 e. The highest BCUT2D eigenvalue weighted by Gasteiger charge is 2.11. The summed E-state index contributed by atoms with van der Waals surface area (Å²) < 4.78 is 0. The second-order valence-corrected chi connectivity index (χ2v) is 6.43. The molecule has 0 saturated heterocycles. The Kier molecular flexibility index (Phi) is 6.67. The first kappa shape index (κ1) is 20.2. The van der Waals surface area contributed by atoms with E-state index in [1.165, 1.54) is 11.1 Å². The number of nitrogen functional groups attached to an aromatic ring is 1. The number of hydrogen-bond donors (Lipinski definition) is 4. The highest BCUT2D eigenvalue weighted by Crippen LogP contribution is 2.23. The summed E-state index contributed by atoms with van der Waals surface area (Å²) >= 11 is 0. The molecule has 3 heterocycles. The second kappa shape index (κ2) is 9.58. The lowest BCUT2D eigenvalue weighted by molar-refractivity contribution is 0.644. The highest BCUT2D eigenvalue weighted by molar-refractivity contribution is 5.76. The number of pyridine rings is 1. The van der Waals surface area contributed by atoms with Gasteiger partial charge in [-0.25, -0.2) is 0 Å². The Morgan fingerprint density at radius 1 is 1.14 bits per heavy atom. The molecule has 1 aliphatic heterocycles. The van der Waals surface area contributed by atoms with Crippen LogP contribution in [-0.2, 0) is 13.0 Å². The van der Waals surface area contributed by atoms with Crippen LogP contribution in [0.3, 0.4) is 0 Å². The van der Waals surface area contributed by atoms with Crippen molar-refractivity contribution in [3.05, 3.63) is 77.4 Å². The van der Waals surface area contributed by atoms with E-state index in [2.05, 4.69) is 62.4 Å². The summed E-state index contributed by atoms with van der Waals surface area (Å²) in [6.07, 6.45) is 5.99. The fraction of sp³-hybridized carbons (Fsp3) is 0.217. The minimum absolute atomic E-state index is 0.586. The van der Waals surface area contributed by atoms with Crippen LogP contribution < -0.4 is 16.4 Å². The number of aromatic amines is 1. The lowest BCUT2D eigenvalue weighted by atomic mass is 10.0. The average molecular weight is 387 g/mol. The van der Waals surface area contributed by atoms with E-state index in [0.717, 1.165) is 47.7 Å². The van der Waals surface area contributed by atoms with Crippen molar-refractivity contribution in [1.82, 2.24) is 20.5 Å². The highest BCUT2D eigenvalue weighted by atomic mass is 15.1. The molecule has 0 amide bonds. The van der Waals surface area contributed by atoms with Gasteiger partial charge in [0.05, 0.1) is 28.8 Å². The predicted molar refractivity (Wildman–Crippen MR) is 119 cm³/mol. The Hall–Kier alpha value is -3.56. The van der Waals surface area contributed by atoms with Crippen molar-refractivity contribution in [3.63, 3.8) is 0 Å². The number of fused-ring (bicyclic) bond motifs is 1. The van der Waals surface area contributed by atoms with Gasteiger partial charge >= 0.3 is 0 Å². The molecule has 0 bridgehead atoms. The Morgan fingerprint density at radius 2 is 2.00 bits per heavy atom. The van der Waals surface area contributed by atoms with Crippen LogP contribution in [0.4, 0.5) is 11.4 Å². The van der Waals surface area contributed by atoms with Gasteiger partial charge in [-0.2, -0.15) is 5.10 Å². The molecular formula is C23H26N6. The van der Waals surface area contributed by atoms with E-state index in [0.29, 0.717) is 5.69 Å². The van der Waals surface area contributed by atoms with Crippen molar-refractivity contribution in [1.29, 1.82) is 0 Å². The third kappa shape index (κ3) is 5.03. The van der Waals surface area contributed by atoms with E-state index in [-0.39, 0.29) is 0 Å². The van der Waals surface area contributed by atoms with E-state index in [1.54, 1.807) is 24.7 Å². The van der Waals surface area contributed by atoms with E-state index in [1.807, 2.05) is 13.8 Å². The number of hydrogen-bond acceptors (Lipinski definition) is 5. The smallest absolute Gasteiger partial charge is 0.0963 e. The molecule has 0 radical (unpaired) electrons. The van der Waals surface area contributed by atoms with Crippen LogP contribution in [0.15, 0.2) is 49.4 Å². The predicted octanol–water partition coefficient (Wildman–Crippen LogP) is 3.54. The number of nitrogens with two attached hydrogens (primary N) is 1. The Labute approximate surface area is 171 Å². The molecule has 6 heteroatoms. The van der Waals surface area contributed by atoms with Crippen molar-refractivity contribution >= 4 is 17.1 Å². The van der Waals surface area contributed by atoms with Gasteiger partial charge in [0.15, 0.2) is 0 Å². The summed E-state index contributed by atoms with van der Waals surface area (Å²) in [5.74, 6) is 6.16. The molecule has 3 aromatic rings. The lowest BCUT2D eigenvalue weighted by Crippen LogP contribution is -2.23. The maximum absolute atomic E-state index is 5.74. The van der Waals surface area contributed by atoms with Crippen molar-refractivity contribution < 1.29 is 0 Å². The molecule has 0 saturated carbocycles. The van der Waals surface area contributed by atoms with Crippen molar-refractivity contribution in [2.75, 3.05) is 17.6 Å². The van der Waals surface area contributed by atoms with Gasteiger partial charge in [0.2, 0.25) is 0 Å². The first-order valence-corrected chi connectivity index (χ1v) is 9.74. The van der Waals surface area contributed by atoms with Gasteiger partial charge in [-0.1, -0.05) is 38.3 Å². The number of nitrogens with zero attached hydrogens (tertiary/aromatic N) is 2. The molecule has 4 rings (SSSR count). The molecular weight excluding hydrogens is 360 g/mol. The third-order valence-corrected chi connectivity index (χ3v) is 4.43. The van der Waals surface area contributed by atoms with Gasteiger partial charge in [0.1, 0.15) is 0 Å². The molecule has 0 unspecified atom stereocenters. The molecule has 0 aliphatic carbocycles. The zero-order valence-electron chi connectivity index (χ0n) is 16.8. The minimum atomic E-state index is 0.586. The van der Waals surface area contributed by atoms with E-state index in [4.69, 9.17) is 5.73 Å². The number of H-pyrrole nitrogens is 1. The molecule has 0 spiro atoms. The number of nitrogens with one attached hydrogen (secondary N) is 3. The van der Waals surface area contributed by atoms with Crippen LogP contribution in [0.25, 0.3) is 5.70 Å². The fourth-order valence-electron chi connectivity index (χ4n) is 3.07. The van der Waals surface area contributed by atoms with Crippen molar-refractivity contribution in [2.24, 2.45) is 0 Å². The Bertz CT molecular complexity index is 1050. The van der Waals surface area contributed by atoms with Crippen LogP contribution >= 0.6 is 0 Å². The second-order valence-electron chi connectivity index (χ2n) is 6.43. The van der Waals surface area contributed by atoms with E-state index in [9.17, 15) is 0 Å². The number of aromatic nitrogens is 3. The van der Waals surface area contributed by atoms with Crippen molar-refractivity contribution in [2.45, 2.75) is 26.8 Å². The standard InChI is InChI=1S/C21H20N6.C2H6/c1-14(26-20-5-4-17-11-23-7-6-16(17)9-20)21-18(12-25-27-21)3-2-15-8-19(22)13-24-10-15;1-2/h4-5,8-10,12-13,23,26H,1,6-7,11,22H2,(H,25,27);1-2H3. The molecule has 1 aliphatic rings. The van der Waals surface area contributed by atoms with Crippen molar-refractivity contribution in [3.8, 4) is 11.8 Å². The van der Waals surface area contributed by atoms with Crippen LogP contribution in [-0.4, -0.2) is 21.7 Å². The molecule has 0 atom stereocenters. The average Bonchev–Trinajstić information content (AvgIpc) is 3.22. The molecule has 1 aromatic carbocycles. The van der Waals surface area contributed by atoms with Gasteiger partial charge in [0, 0.05) is 30.2 Å². The minimum Gasteiger partial charge on any atom is -0.397 e. The lowest BCUT2D eigenvalue weighted by Gasteiger charge is -2.18. The monoisotopic (exact) mass is 386 g/mol. The first-order chi connectivity index (χ1) is 14.2. The summed E-state index contributed by atoms with van der Waals surface area (Å²) in [6.45, 7) is 10.1. The number of benzene rings is 1. The Morgan fingerprint density at radius 3 is 2.83 bits per heavy atom. The van der Waals surface area contributed by atoms with Gasteiger partial charge in [-0.05, 0) is 42.3 Å². The molecule has 5 N–H and O–H groups in total. The fourth-order valence-corrected chi connectivity index (χ4v) is 3.07. The summed E-state index contributed by atoms with van der Waals surface area (Å²) in [6, 6.07) is 8.19. The molecule has 6 nitrogen and oxygen atoms in total. The maximum atomic E-state index is 5.74. The number of rotatable bonds is 3. The largest absolute Gasteiger partial charge is 0.397 e. The van der Waals surface area contributed by atoms with Gasteiger partial charge in [-0.3, -0.25) is 10.1 Å². The third-order valence-electron chi connectivity index (χ3n) is 4.43. The van der Waals surface area contributed by atoms with E-state index >= 15 is 0 Å². The molecule has 148 valence electrons. The van der Waals surface area contributed by atoms with Gasteiger partial charge in [-0.15, -0.1) is 0 Å². The summed E-state index contributed by atoms with van der Waals surface area (Å²) in [7, 11) is 0. The van der Waals surface area contributed by atoms with Gasteiger partial charge in [0.25, 0.3) is 0 Å². The molecule has 29 heavy (non-hydrogen) atoms. The summed E-state index contributed by atoms with van der Waals surface area (Å²) in [5.41, 5.74) is 13.0. The quantitative estimate of drug-likeness (QED) is 0.517. The molecule has 0 fully saturated rings.